The van der Waals surface area contributed by atoms with Gasteiger partial charge in [0, 0.05) is 11.4 Å². The number of urea groups is 1. The molecule has 0 bridgehead atoms. The Bertz CT molecular complexity index is 704. The van der Waals surface area contributed by atoms with Crippen molar-refractivity contribution >= 4 is 29.2 Å². The van der Waals surface area contributed by atoms with Crippen molar-refractivity contribution in [3.8, 4) is 0 Å². The van der Waals surface area contributed by atoms with Gasteiger partial charge in [-0.1, -0.05) is 36.4 Å². The molecule has 0 saturated heterocycles. The second kappa shape index (κ2) is 9.43. The van der Waals surface area contributed by atoms with Crippen molar-refractivity contribution in [2.75, 3.05) is 13.2 Å². The highest BCUT2D eigenvalue weighted by atomic mass is 32.1. The molecule has 0 unspecified atom stereocenters. The highest BCUT2D eigenvalue weighted by molar-refractivity contribution is 7.10. The van der Waals surface area contributed by atoms with Crippen LogP contribution in [0.25, 0.3) is 0 Å². The first-order valence-corrected chi connectivity index (χ1v) is 8.51. The minimum atomic E-state index is -0.716. The molecule has 0 aliphatic rings. The van der Waals surface area contributed by atoms with Gasteiger partial charge in [0.25, 0.3) is 5.91 Å². The smallest absolute Gasteiger partial charge is 0.312 e. The lowest BCUT2D eigenvalue weighted by Crippen LogP contribution is -2.34. The van der Waals surface area contributed by atoms with Gasteiger partial charge in [0.15, 0.2) is 6.61 Å². The summed E-state index contributed by atoms with van der Waals surface area (Å²) in [7, 11) is 0. The highest BCUT2D eigenvalue weighted by Crippen LogP contribution is 2.25. The molecule has 8 heteroatoms. The van der Waals surface area contributed by atoms with Crippen LogP contribution in [0.2, 0.25) is 0 Å². The summed E-state index contributed by atoms with van der Waals surface area (Å²) in [5.74, 6) is -0.991. The largest absolute Gasteiger partial charge is 0.456 e. The Morgan fingerprint density at radius 2 is 1.88 bits per heavy atom. The second-order valence-corrected chi connectivity index (χ2v) is 6.11. The third-order valence-electron chi connectivity index (χ3n) is 3.26. The number of amides is 3. The van der Waals surface area contributed by atoms with Crippen LogP contribution in [0.1, 0.15) is 22.9 Å². The van der Waals surface area contributed by atoms with E-state index in [4.69, 9.17) is 10.5 Å². The normalized spacial score (nSPS) is 11.4. The lowest BCUT2D eigenvalue weighted by molar-refractivity contribution is -0.148. The average molecular weight is 361 g/mol. The van der Waals surface area contributed by atoms with E-state index < -0.39 is 17.9 Å². The fourth-order valence-corrected chi connectivity index (χ4v) is 2.93. The van der Waals surface area contributed by atoms with Gasteiger partial charge in [-0.2, -0.15) is 0 Å². The van der Waals surface area contributed by atoms with E-state index >= 15 is 0 Å². The molecule has 2 rings (SSSR count). The summed E-state index contributed by atoms with van der Waals surface area (Å²) in [6, 6.07) is 12.4. The van der Waals surface area contributed by atoms with Gasteiger partial charge in [-0.25, -0.2) is 4.79 Å². The molecule has 0 aliphatic heterocycles. The number of thiophene rings is 1. The number of benzene rings is 1. The zero-order chi connectivity index (χ0) is 18.1. The van der Waals surface area contributed by atoms with Crippen LogP contribution in [0.5, 0.6) is 0 Å². The number of hydrogen-bond donors (Lipinski definition) is 3. The number of primary amides is 1. The van der Waals surface area contributed by atoms with Crippen molar-refractivity contribution < 1.29 is 19.1 Å². The highest BCUT2D eigenvalue weighted by Gasteiger charge is 2.18. The zero-order valence-electron chi connectivity index (χ0n) is 13.4. The molecule has 4 N–H and O–H groups in total. The number of esters is 1. The lowest BCUT2D eigenvalue weighted by atomic mass is 10.1. The summed E-state index contributed by atoms with van der Waals surface area (Å²) in [4.78, 5) is 35.2. The molecule has 0 spiro atoms. The predicted molar refractivity (Wildman–Crippen MR) is 93.9 cm³/mol. The summed E-state index contributed by atoms with van der Waals surface area (Å²) in [5, 5.41) is 7.08. The van der Waals surface area contributed by atoms with Gasteiger partial charge in [0.2, 0.25) is 0 Å². The number of carbonyl (C=O) groups excluding carboxylic acids is 3. The van der Waals surface area contributed by atoms with E-state index in [1.54, 1.807) is 0 Å². The van der Waals surface area contributed by atoms with Crippen LogP contribution in [0.15, 0.2) is 47.8 Å². The van der Waals surface area contributed by atoms with Crippen LogP contribution in [0, 0.1) is 0 Å². The van der Waals surface area contributed by atoms with Gasteiger partial charge in [-0.15, -0.1) is 11.3 Å². The third kappa shape index (κ3) is 6.27. The van der Waals surface area contributed by atoms with Crippen molar-refractivity contribution in [2.45, 2.75) is 12.5 Å². The van der Waals surface area contributed by atoms with Crippen LogP contribution in [-0.2, 0) is 14.3 Å². The number of carbonyl (C=O) groups is 3. The van der Waals surface area contributed by atoms with E-state index in [9.17, 15) is 14.4 Å². The van der Waals surface area contributed by atoms with E-state index in [2.05, 4.69) is 10.6 Å². The fourth-order valence-electron chi connectivity index (χ4n) is 2.13. The van der Waals surface area contributed by atoms with E-state index in [0.29, 0.717) is 0 Å². The third-order valence-corrected chi connectivity index (χ3v) is 4.20. The number of ether oxygens (including phenoxy) is 1. The molecule has 3 amide bonds. The molecule has 1 heterocycles. The van der Waals surface area contributed by atoms with Crippen molar-refractivity contribution in [1.29, 1.82) is 0 Å². The molecule has 0 radical (unpaired) electrons. The minimum Gasteiger partial charge on any atom is -0.456 e. The standard InChI is InChI=1S/C17H19N3O4S/c18-17(23)19-9-8-15(22)24-11-14(21)20-16(13-7-4-10-25-13)12-5-2-1-3-6-12/h1-7,10,16H,8-9,11H2,(H,20,21)(H3,18,19,23)/t16-/m0/s1. The monoisotopic (exact) mass is 361 g/mol. The number of hydrogen-bond acceptors (Lipinski definition) is 5. The van der Waals surface area contributed by atoms with Crippen LogP contribution in [0.3, 0.4) is 0 Å². The van der Waals surface area contributed by atoms with Crippen molar-refractivity contribution in [3.05, 3.63) is 58.3 Å². The fraction of sp³-hybridized carbons (Fsp3) is 0.235. The van der Waals surface area contributed by atoms with Gasteiger partial charge in [-0.05, 0) is 17.0 Å². The number of nitrogens with one attached hydrogen (secondary N) is 2. The van der Waals surface area contributed by atoms with Gasteiger partial charge in [0.05, 0.1) is 12.5 Å². The minimum absolute atomic E-state index is 0.0523. The molecule has 1 aromatic heterocycles. The first-order chi connectivity index (χ1) is 12.1. The average Bonchev–Trinajstić information content (AvgIpc) is 3.12. The lowest BCUT2D eigenvalue weighted by Gasteiger charge is -2.18. The molecule has 7 nitrogen and oxygen atoms in total. The zero-order valence-corrected chi connectivity index (χ0v) is 14.3. The van der Waals surface area contributed by atoms with Gasteiger partial charge in [0.1, 0.15) is 0 Å². The van der Waals surface area contributed by atoms with E-state index in [-0.39, 0.29) is 25.6 Å². The Labute approximate surface area is 149 Å². The molecule has 132 valence electrons. The molecule has 0 saturated carbocycles. The summed E-state index contributed by atoms with van der Waals surface area (Å²) < 4.78 is 4.90. The summed E-state index contributed by atoms with van der Waals surface area (Å²) >= 11 is 1.53. The maximum absolute atomic E-state index is 12.1. The topological polar surface area (TPSA) is 111 Å². The van der Waals surface area contributed by atoms with Gasteiger partial charge in [-0.3, -0.25) is 9.59 Å². The maximum Gasteiger partial charge on any atom is 0.312 e. The molecule has 0 fully saturated rings. The molecule has 1 atom stereocenters. The van der Waals surface area contributed by atoms with E-state index in [1.165, 1.54) is 11.3 Å². The molecule has 25 heavy (non-hydrogen) atoms. The van der Waals surface area contributed by atoms with Crippen LogP contribution in [0.4, 0.5) is 4.79 Å². The van der Waals surface area contributed by atoms with E-state index in [1.807, 2.05) is 47.8 Å². The number of rotatable bonds is 8. The molecule has 0 aliphatic carbocycles. The quantitative estimate of drug-likeness (QED) is 0.620. The van der Waals surface area contributed by atoms with Crippen LogP contribution in [-0.4, -0.2) is 31.1 Å². The molecular formula is C17H19N3O4S. The molecule has 2 aromatic rings. The Hall–Kier alpha value is -2.87. The Morgan fingerprint density at radius 1 is 1.12 bits per heavy atom. The second-order valence-electron chi connectivity index (χ2n) is 5.13. The Kier molecular flexibility index (Phi) is 6.97. The first-order valence-electron chi connectivity index (χ1n) is 7.63. The molecular weight excluding hydrogens is 342 g/mol. The maximum atomic E-state index is 12.1. The SMILES string of the molecule is NC(=O)NCCC(=O)OCC(=O)N[C@@H](c1ccccc1)c1cccs1. The summed E-state index contributed by atoms with van der Waals surface area (Å²) in [6.45, 7) is -0.318. The summed E-state index contributed by atoms with van der Waals surface area (Å²) in [6.07, 6.45) is -0.0523. The van der Waals surface area contributed by atoms with Crippen molar-refractivity contribution in [2.24, 2.45) is 5.73 Å². The van der Waals surface area contributed by atoms with Crippen LogP contribution < -0.4 is 16.4 Å². The van der Waals surface area contributed by atoms with Crippen molar-refractivity contribution in [1.82, 2.24) is 10.6 Å². The van der Waals surface area contributed by atoms with Crippen LogP contribution >= 0.6 is 11.3 Å². The van der Waals surface area contributed by atoms with Crippen molar-refractivity contribution in [3.63, 3.8) is 0 Å². The Balaban J connectivity index is 1.88. The Morgan fingerprint density at radius 3 is 2.52 bits per heavy atom. The number of nitrogens with two attached hydrogens (primary N) is 1. The van der Waals surface area contributed by atoms with Gasteiger partial charge >= 0.3 is 12.0 Å². The molecule has 1 aromatic carbocycles. The van der Waals surface area contributed by atoms with Gasteiger partial charge < -0.3 is 21.1 Å². The first kappa shape index (κ1) is 18.5. The predicted octanol–water partition coefficient (Wildman–Crippen LogP) is 1.56. The van der Waals surface area contributed by atoms with E-state index in [0.717, 1.165) is 10.4 Å². The summed E-state index contributed by atoms with van der Waals surface area (Å²) in [5.41, 5.74) is 5.83.